The lowest BCUT2D eigenvalue weighted by Gasteiger charge is -2.28. The Labute approximate surface area is 209 Å². The van der Waals surface area contributed by atoms with Crippen LogP contribution in [0.25, 0.3) is 10.9 Å². The number of pyridine rings is 1. The van der Waals surface area contributed by atoms with Crippen LogP contribution in [0.5, 0.6) is 11.5 Å². The van der Waals surface area contributed by atoms with Crippen molar-refractivity contribution >= 4 is 40.1 Å². The fraction of sp³-hybridized carbons (Fsp3) is 0.320. The molecule has 0 bridgehead atoms. The number of carbonyl (C=O) groups is 2. The van der Waals surface area contributed by atoms with Crippen molar-refractivity contribution in [3.63, 3.8) is 0 Å². The fourth-order valence-electron chi connectivity index (χ4n) is 4.05. The molecule has 1 aliphatic carbocycles. The second-order valence-electron chi connectivity index (χ2n) is 8.45. The predicted molar refractivity (Wildman–Crippen MR) is 128 cm³/mol. The van der Waals surface area contributed by atoms with E-state index in [1.54, 1.807) is 24.3 Å². The number of halogens is 4. The molecule has 0 atom stereocenters. The number of aromatic nitrogens is 1. The number of benzene rings is 2. The van der Waals surface area contributed by atoms with Crippen molar-refractivity contribution in [2.24, 2.45) is 5.92 Å². The summed E-state index contributed by atoms with van der Waals surface area (Å²) in [6, 6.07) is 13.6. The molecule has 1 aromatic heterocycles. The summed E-state index contributed by atoms with van der Waals surface area (Å²) in [5.74, 6) is -0.303. The van der Waals surface area contributed by atoms with E-state index in [4.69, 9.17) is 16.3 Å². The van der Waals surface area contributed by atoms with E-state index in [1.807, 2.05) is 6.07 Å². The normalized spacial score (nSPS) is 17.9. The molecular formula is C25H23ClF3N3O4. The molecule has 2 amide bonds. The fourth-order valence-corrected chi connectivity index (χ4v) is 4.23. The van der Waals surface area contributed by atoms with E-state index in [1.165, 1.54) is 12.1 Å². The van der Waals surface area contributed by atoms with Gasteiger partial charge in [0.2, 0.25) is 5.91 Å². The third-order valence-corrected chi connectivity index (χ3v) is 6.03. The summed E-state index contributed by atoms with van der Waals surface area (Å²) in [4.78, 5) is 29.4. The van der Waals surface area contributed by atoms with Crippen LogP contribution in [0.2, 0.25) is 5.02 Å². The van der Waals surface area contributed by atoms with Gasteiger partial charge in [-0.2, -0.15) is 0 Å². The molecule has 190 valence electrons. The van der Waals surface area contributed by atoms with Gasteiger partial charge in [-0.25, -0.2) is 4.98 Å². The number of ether oxygens (including phenoxy) is 2. The van der Waals surface area contributed by atoms with Crippen molar-refractivity contribution in [3.8, 4) is 11.5 Å². The van der Waals surface area contributed by atoms with Crippen LogP contribution < -0.4 is 20.1 Å². The van der Waals surface area contributed by atoms with Crippen molar-refractivity contribution in [3.05, 3.63) is 59.6 Å². The van der Waals surface area contributed by atoms with E-state index in [2.05, 4.69) is 20.4 Å². The zero-order chi connectivity index (χ0) is 25.7. The van der Waals surface area contributed by atoms with Gasteiger partial charge in [0.25, 0.3) is 5.91 Å². The molecule has 1 saturated carbocycles. The van der Waals surface area contributed by atoms with Gasteiger partial charge in [-0.3, -0.25) is 9.59 Å². The monoisotopic (exact) mass is 521 g/mol. The molecule has 0 saturated heterocycles. The Morgan fingerprint density at radius 1 is 0.972 bits per heavy atom. The molecule has 0 unspecified atom stereocenters. The summed E-state index contributed by atoms with van der Waals surface area (Å²) in [6.07, 6.45) is -2.28. The van der Waals surface area contributed by atoms with E-state index >= 15 is 0 Å². The van der Waals surface area contributed by atoms with Gasteiger partial charge in [-0.15, -0.1) is 13.2 Å². The highest BCUT2D eigenvalue weighted by Gasteiger charge is 2.31. The predicted octanol–water partition coefficient (Wildman–Crippen LogP) is 5.48. The highest BCUT2D eigenvalue weighted by atomic mass is 35.5. The van der Waals surface area contributed by atoms with Crippen molar-refractivity contribution in [1.82, 2.24) is 10.3 Å². The third kappa shape index (κ3) is 7.24. The summed E-state index contributed by atoms with van der Waals surface area (Å²) in [5.41, 5.74) is 0.733. The van der Waals surface area contributed by atoms with Crippen molar-refractivity contribution in [2.45, 2.75) is 38.1 Å². The summed E-state index contributed by atoms with van der Waals surface area (Å²) >= 11 is 5.99. The highest BCUT2D eigenvalue weighted by molar-refractivity contribution is 6.31. The quantitative estimate of drug-likeness (QED) is 0.430. The first kappa shape index (κ1) is 25.6. The van der Waals surface area contributed by atoms with Gasteiger partial charge >= 0.3 is 6.36 Å². The Balaban J connectivity index is 1.19. The number of carbonyl (C=O) groups excluding carboxylic acids is 2. The third-order valence-electron chi connectivity index (χ3n) is 5.79. The van der Waals surface area contributed by atoms with Gasteiger partial charge in [0.15, 0.2) is 6.61 Å². The molecule has 0 radical (unpaired) electrons. The lowest BCUT2D eigenvalue weighted by atomic mass is 9.85. The maximum atomic E-state index is 12.7. The smallest absolute Gasteiger partial charge is 0.484 e. The number of nitrogens with zero attached hydrogens (tertiary/aromatic N) is 1. The largest absolute Gasteiger partial charge is 0.573 e. The molecule has 1 heterocycles. The number of hydrogen-bond acceptors (Lipinski definition) is 5. The number of rotatable bonds is 7. The minimum Gasteiger partial charge on any atom is -0.484 e. The lowest BCUT2D eigenvalue weighted by Crippen LogP contribution is -2.41. The van der Waals surface area contributed by atoms with Gasteiger partial charge in [0.1, 0.15) is 17.3 Å². The van der Waals surface area contributed by atoms with E-state index in [9.17, 15) is 22.8 Å². The molecule has 1 fully saturated rings. The molecule has 11 heteroatoms. The molecule has 36 heavy (non-hydrogen) atoms. The van der Waals surface area contributed by atoms with Crippen LogP contribution in [0, 0.1) is 5.92 Å². The Morgan fingerprint density at radius 3 is 2.36 bits per heavy atom. The van der Waals surface area contributed by atoms with Crippen LogP contribution >= 0.6 is 11.6 Å². The average molecular weight is 522 g/mol. The zero-order valence-electron chi connectivity index (χ0n) is 19.0. The maximum absolute atomic E-state index is 12.7. The number of hydrogen-bond donors (Lipinski definition) is 2. The van der Waals surface area contributed by atoms with Gasteiger partial charge in [-0.05, 0) is 80.3 Å². The summed E-state index contributed by atoms with van der Waals surface area (Å²) in [7, 11) is 0. The second-order valence-corrected chi connectivity index (χ2v) is 8.88. The second kappa shape index (κ2) is 11.0. The van der Waals surface area contributed by atoms with Crippen LogP contribution in [0.1, 0.15) is 25.7 Å². The Kier molecular flexibility index (Phi) is 7.83. The van der Waals surface area contributed by atoms with Crippen LogP contribution in [0.15, 0.2) is 54.6 Å². The van der Waals surface area contributed by atoms with Crippen LogP contribution in [0.3, 0.4) is 0 Å². The van der Waals surface area contributed by atoms with Gasteiger partial charge in [0.05, 0.1) is 5.52 Å². The Morgan fingerprint density at radius 2 is 1.67 bits per heavy atom. The number of amides is 2. The van der Waals surface area contributed by atoms with Gasteiger partial charge < -0.3 is 20.1 Å². The van der Waals surface area contributed by atoms with Gasteiger partial charge in [0, 0.05) is 22.4 Å². The minimum absolute atomic E-state index is 0.0868. The number of alkyl halides is 3. The number of anilines is 1. The summed E-state index contributed by atoms with van der Waals surface area (Å²) in [6.45, 7) is -0.279. The standard InChI is InChI=1S/C25H23ClF3N3O4/c26-17-4-11-21-16(13-17)3-12-22(31-21)32-24(34)15-1-5-18(6-2-15)30-23(33)14-35-19-7-9-20(10-8-19)36-25(27,28)29/h3-4,7-13,15,18H,1-2,5-6,14H2,(H,30,33)(H,31,32,34). The van der Waals surface area contributed by atoms with E-state index < -0.39 is 6.36 Å². The van der Waals surface area contributed by atoms with E-state index in [0.29, 0.717) is 36.5 Å². The molecule has 2 N–H and O–H groups in total. The Hall–Kier alpha value is -3.53. The number of nitrogens with one attached hydrogen (secondary N) is 2. The van der Waals surface area contributed by atoms with Crippen molar-refractivity contribution in [1.29, 1.82) is 0 Å². The lowest BCUT2D eigenvalue weighted by molar-refractivity contribution is -0.274. The molecule has 2 aromatic carbocycles. The molecule has 7 nitrogen and oxygen atoms in total. The van der Waals surface area contributed by atoms with Crippen LogP contribution in [-0.4, -0.2) is 35.8 Å². The average Bonchev–Trinajstić information content (AvgIpc) is 2.83. The molecule has 4 rings (SSSR count). The highest BCUT2D eigenvalue weighted by Crippen LogP contribution is 2.27. The molecular weight excluding hydrogens is 499 g/mol. The van der Waals surface area contributed by atoms with E-state index in [0.717, 1.165) is 23.0 Å². The van der Waals surface area contributed by atoms with Crippen LogP contribution in [-0.2, 0) is 9.59 Å². The minimum atomic E-state index is -4.77. The summed E-state index contributed by atoms with van der Waals surface area (Å²) in [5, 5.41) is 7.24. The SMILES string of the molecule is O=C(COc1ccc(OC(F)(F)F)cc1)NC1CCC(C(=O)Nc2ccc3cc(Cl)ccc3n2)CC1. The molecule has 1 aliphatic rings. The van der Waals surface area contributed by atoms with Crippen molar-refractivity contribution < 1.29 is 32.2 Å². The number of fused-ring (bicyclic) bond motifs is 1. The van der Waals surface area contributed by atoms with Crippen molar-refractivity contribution in [2.75, 3.05) is 11.9 Å². The summed E-state index contributed by atoms with van der Waals surface area (Å²) < 4.78 is 45.8. The zero-order valence-corrected chi connectivity index (χ0v) is 19.7. The first-order valence-corrected chi connectivity index (χ1v) is 11.7. The molecule has 0 spiro atoms. The molecule has 3 aromatic rings. The van der Waals surface area contributed by atoms with Gasteiger partial charge in [-0.1, -0.05) is 11.6 Å². The topological polar surface area (TPSA) is 89.5 Å². The maximum Gasteiger partial charge on any atom is 0.573 e. The molecule has 0 aliphatic heterocycles. The Bertz CT molecular complexity index is 1230. The first-order valence-electron chi connectivity index (χ1n) is 11.3. The van der Waals surface area contributed by atoms with Crippen LogP contribution in [0.4, 0.5) is 19.0 Å². The van der Waals surface area contributed by atoms with E-state index in [-0.39, 0.29) is 41.9 Å². The first-order chi connectivity index (χ1) is 17.1.